The molecular formula is C11H12BFN4O2. The van der Waals surface area contributed by atoms with Crippen molar-refractivity contribution < 1.29 is 14.4 Å². The number of nitrogen functional groups attached to an aromatic ring is 1. The van der Waals surface area contributed by atoms with Gasteiger partial charge in [-0.25, -0.2) is 14.1 Å². The second-order valence-corrected chi connectivity index (χ2v) is 3.98. The van der Waals surface area contributed by atoms with Crippen molar-refractivity contribution in [3.8, 4) is 0 Å². The van der Waals surface area contributed by atoms with E-state index in [0.717, 1.165) is 12.1 Å². The van der Waals surface area contributed by atoms with Gasteiger partial charge in [0.1, 0.15) is 5.82 Å². The third-order valence-electron chi connectivity index (χ3n) is 2.48. The highest BCUT2D eigenvalue weighted by molar-refractivity contribution is 6.60. The van der Waals surface area contributed by atoms with Crippen LogP contribution in [0.1, 0.15) is 11.3 Å². The van der Waals surface area contributed by atoms with Crippen LogP contribution in [0.2, 0.25) is 0 Å². The van der Waals surface area contributed by atoms with Crippen molar-refractivity contribution in [3.63, 3.8) is 0 Å². The highest BCUT2D eigenvalue weighted by Crippen LogP contribution is 2.04. The van der Waals surface area contributed by atoms with Crippen LogP contribution in [-0.2, 0) is 0 Å². The van der Waals surface area contributed by atoms with E-state index < -0.39 is 12.9 Å². The number of hydrogen-bond donors (Lipinski definition) is 3. The van der Waals surface area contributed by atoms with E-state index in [0.29, 0.717) is 5.69 Å². The Morgan fingerprint density at radius 1 is 1.47 bits per heavy atom. The number of anilines is 1. The summed E-state index contributed by atoms with van der Waals surface area (Å²) in [6.07, 6.45) is 2.88. The van der Waals surface area contributed by atoms with Crippen LogP contribution in [0.3, 0.4) is 0 Å². The molecule has 0 aliphatic heterocycles. The number of halogens is 1. The van der Waals surface area contributed by atoms with Gasteiger partial charge >= 0.3 is 7.12 Å². The maximum absolute atomic E-state index is 13.2. The van der Waals surface area contributed by atoms with Crippen molar-refractivity contribution in [1.82, 2.24) is 9.66 Å². The lowest BCUT2D eigenvalue weighted by Crippen LogP contribution is -2.33. The Morgan fingerprint density at radius 3 is 2.79 bits per heavy atom. The van der Waals surface area contributed by atoms with Crippen molar-refractivity contribution in [1.29, 1.82) is 0 Å². The van der Waals surface area contributed by atoms with E-state index in [4.69, 9.17) is 5.73 Å². The van der Waals surface area contributed by atoms with E-state index in [9.17, 15) is 14.4 Å². The highest BCUT2D eigenvalue weighted by atomic mass is 19.1. The molecule has 4 N–H and O–H groups in total. The van der Waals surface area contributed by atoms with Crippen LogP contribution >= 0.6 is 0 Å². The Morgan fingerprint density at radius 2 is 2.21 bits per heavy atom. The molecule has 0 radical (unpaired) electrons. The van der Waals surface area contributed by atoms with Crippen LogP contribution in [0.15, 0.2) is 29.5 Å². The molecule has 1 aromatic carbocycles. The molecule has 1 aromatic heterocycles. The van der Waals surface area contributed by atoms with Crippen LogP contribution in [0.5, 0.6) is 0 Å². The standard InChI is InChI=1S/C11H12BFN4O2/c1-7-6-17(11(14)16-7)15-5-8-4-9(13)2-3-10(8)12(18)19/h2-6,18-19H,1H3,(H2,14,16). The molecule has 6 nitrogen and oxygen atoms in total. The average molecular weight is 262 g/mol. The number of aryl methyl sites for hydroxylation is 1. The molecule has 0 bridgehead atoms. The van der Waals surface area contributed by atoms with Crippen molar-refractivity contribution >= 4 is 24.7 Å². The number of nitrogens with two attached hydrogens (primary N) is 1. The van der Waals surface area contributed by atoms with Gasteiger partial charge in [-0.3, -0.25) is 0 Å². The molecule has 0 aliphatic rings. The zero-order valence-corrected chi connectivity index (χ0v) is 10.2. The van der Waals surface area contributed by atoms with Crippen LogP contribution in [0.4, 0.5) is 10.3 Å². The van der Waals surface area contributed by atoms with E-state index in [1.165, 1.54) is 17.0 Å². The summed E-state index contributed by atoms with van der Waals surface area (Å²) in [6.45, 7) is 1.76. The van der Waals surface area contributed by atoms with Gasteiger partial charge in [-0.2, -0.15) is 5.10 Å². The molecule has 0 fully saturated rings. The summed E-state index contributed by atoms with van der Waals surface area (Å²) < 4.78 is 14.5. The molecule has 0 saturated carbocycles. The molecular weight excluding hydrogens is 250 g/mol. The average Bonchev–Trinajstić information content (AvgIpc) is 2.65. The lowest BCUT2D eigenvalue weighted by Gasteiger charge is -2.04. The first-order valence-corrected chi connectivity index (χ1v) is 5.49. The number of hydrogen-bond acceptors (Lipinski definition) is 5. The molecule has 0 saturated heterocycles. The Labute approximate surface area is 109 Å². The molecule has 8 heteroatoms. The minimum absolute atomic E-state index is 0.153. The molecule has 0 atom stereocenters. The van der Waals surface area contributed by atoms with E-state index >= 15 is 0 Å². The molecule has 98 valence electrons. The second-order valence-electron chi connectivity index (χ2n) is 3.98. The van der Waals surface area contributed by atoms with Crippen molar-refractivity contribution in [3.05, 3.63) is 41.5 Å². The van der Waals surface area contributed by atoms with Gasteiger partial charge in [-0.1, -0.05) is 6.07 Å². The zero-order chi connectivity index (χ0) is 14.0. The van der Waals surface area contributed by atoms with Gasteiger partial charge in [-0.15, -0.1) is 0 Å². The van der Waals surface area contributed by atoms with Gasteiger partial charge in [-0.05, 0) is 30.1 Å². The lowest BCUT2D eigenvalue weighted by molar-refractivity contribution is 0.425. The highest BCUT2D eigenvalue weighted by Gasteiger charge is 2.15. The molecule has 2 aromatic rings. The van der Waals surface area contributed by atoms with Gasteiger partial charge in [0.05, 0.1) is 18.1 Å². The number of imidazole rings is 1. The van der Waals surface area contributed by atoms with E-state index in [1.54, 1.807) is 13.1 Å². The topological polar surface area (TPSA) is 96.7 Å². The Balaban J connectivity index is 2.37. The predicted octanol–water partition coefficient (Wildman–Crippen LogP) is -0.525. The zero-order valence-electron chi connectivity index (χ0n) is 10.2. The molecule has 0 spiro atoms. The van der Waals surface area contributed by atoms with Crippen LogP contribution in [0, 0.1) is 12.7 Å². The molecule has 0 aliphatic carbocycles. The molecule has 1 heterocycles. The molecule has 0 amide bonds. The third-order valence-corrected chi connectivity index (χ3v) is 2.48. The Kier molecular flexibility index (Phi) is 3.63. The van der Waals surface area contributed by atoms with Crippen molar-refractivity contribution in [2.75, 3.05) is 5.73 Å². The van der Waals surface area contributed by atoms with Crippen LogP contribution in [-0.4, -0.2) is 33.0 Å². The summed E-state index contributed by atoms with van der Waals surface area (Å²) in [5.41, 5.74) is 6.69. The van der Waals surface area contributed by atoms with Gasteiger partial charge < -0.3 is 15.8 Å². The molecule has 0 unspecified atom stereocenters. The number of nitrogens with zero attached hydrogens (tertiary/aromatic N) is 3. The monoisotopic (exact) mass is 262 g/mol. The van der Waals surface area contributed by atoms with E-state index in [1.807, 2.05) is 0 Å². The van der Waals surface area contributed by atoms with Crippen LogP contribution < -0.4 is 11.2 Å². The van der Waals surface area contributed by atoms with Gasteiger partial charge in [0.2, 0.25) is 5.95 Å². The maximum atomic E-state index is 13.2. The quantitative estimate of drug-likeness (QED) is 0.512. The minimum atomic E-state index is -1.70. The third kappa shape index (κ3) is 2.98. The van der Waals surface area contributed by atoms with Crippen molar-refractivity contribution in [2.24, 2.45) is 5.10 Å². The van der Waals surface area contributed by atoms with E-state index in [-0.39, 0.29) is 17.0 Å². The number of benzene rings is 1. The van der Waals surface area contributed by atoms with Crippen LogP contribution in [0.25, 0.3) is 0 Å². The first-order chi connectivity index (χ1) is 8.97. The first-order valence-electron chi connectivity index (χ1n) is 5.49. The fraction of sp³-hybridized carbons (Fsp3) is 0.0909. The fourth-order valence-electron chi connectivity index (χ4n) is 1.61. The molecule has 2 rings (SSSR count). The Bertz CT molecular complexity index is 627. The largest absolute Gasteiger partial charge is 0.489 e. The first kappa shape index (κ1) is 13.3. The fourth-order valence-corrected chi connectivity index (χ4v) is 1.61. The second kappa shape index (κ2) is 5.21. The number of rotatable bonds is 3. The summed E-state index contributed by atoms with van der Waals surface area (Å²) in [6, 6.07) is 3.57. The predicted molar refractivity (Wildman–Crippen MR) is 70.6 cm³/mol. The van der Waals surface area contributed by atoms with Crippen molar-refractivity contribution in [2.45, 2.75) is 6.92 Å². The van der Waals surface area contributed by atoms with Gasteiger partial charge in [0.25, 0.3) is 0 Å². The maximum Gasteiger partial charge on any atom is 0.489 e. The lowest BCUT2D eigenvalue weighted by atomic mass is 9.77. The molecule has 19 heavy (non-hydrogen) atoms. The van der Waals surface area contributed by atoms with Gasteiger partial charge in [0, 0.05) is 0 Å². The summed E-state index contributed by atoms with van der Waals surface area (Å²) in [5.74, 6) is -0.308. The summed E-state index contributed by atoms with van der Waals surface area (Å²) >= 11 is 0. The number of aromatic nitrogens is 2. The van der Waals surface area contributed by atoms with Gasteiger partial charge in [0.15, 0.2) is 0 Å². The summed E-state index contributed by atoms with van der Waals surface area (Å²) in [4.78, 5) is 3.95. The minimum Gasteiger partial charge on any atom is -0.423 e. The Hall–Kier alpha value is -2.19. The smallest absolute Gasteiger partial charge is 0.423 e. The van der Waals surface area contributed by atoms with E-state index in [2.05, 4.69) is 10.1 Å². The normalized spacial score (nSPS) is 11.2. The SMILES string of the molecule is Cc1cn(N=Cc2cc(F)ccc2B(O)O)c(N)n1. The summed E-state index contributed by atoms with van der Waals surface area (Å²) in [7, 11) is -1.70. The summed E-state index contributed by atoms with van der Waals surface area (Å²) in [5, 5.41) is 22.4.